The van der Waals surface area contributed by atoms with Crippen LogP contribution in [0.3, 0.4) is 0 Å². The third-order valence-electron chi connectivity index (χ3n) is 5.96. The SMILES string of the molecule is CCC(P)(CC)NC(=O)CCCCC(=O)C1=CCC[C@H]2NC1CC2C. The molecule has 142 valence electrons. The lowest BCUT2D eigenvalue weighted by Gasteiger charge is -2.28. The summed E-state index contributed by atoms with van der Waals surface area (Å²) in [6, 6.07) is 0.824. The number of rotatable bonds is 9. The van der Waals surface area contributed by atoms with Gasteiger partial charge in [0.2, 0.25) is 5.91 Å². The summed E-state index contributed by atoms with van der Waals surface area (Å²) in [6.45, 7) is 6.44. The van der Waals surface area contributed by atoms with Crippen LogP contribution in [0.2, 0.25) is 0 Å². The summed E-state index contributed by atoms with van der Waals surface area (Å²) in [5, 5.41) is 6.54. The zero-order chi connectivity index (χ0) is 18.4. The van der Waals surface area contributed by atoms with Crippen molar-refractivity contribution >= 4 is 20.9 Å². The number of nitrogens with one attached hydrogen (secondary N) is 2. The minimum Gasteiger partial charge on any atom is -0.347 e. The molecule has 4 atom stereocenters. The van der Waals surface area contributed by atoms with E-state index in [1.165, 1.54) is 0 Å². The molecule has 2 aliphatic rings. The average molecular weight is 366 g/mol. The number of ketones is 1. The van der Waals surface area contributed by atoms with Crippen molar-refractivity contribution < 1.29 is 9.59 Å². The van der Waals surface area contributed by atoms with Gasteiger partial charge in [0.05, 0.1) is 5.28 Å². The highest BCUT2D eigenvalue weighted by Crippen LogP contribution is 2.31. The highest BCUT2D eigenvalue weighted by molar-refractivity contribution is 7.18. The van der Waals surface area contributed by atoms with Crippen LogP contribution in [0.25, 0.3) is 0 Å². The van der Waals surface area contributed by atoms with E-state index >= 15 is 0 Å². The van der Waals surface area contributed by atoms with E-state index in [1.807, 2.05) is 0 Å². The molecule has 0 saturated carbocycles. The maximum Gasteiger partial charge on any atom is 0.220 e. The first-order chi connectivity index (χ1) is 11.9. The molecule has 2 aliphatic heterocycles. The summed E-state index contributed by atoms with van der Waals surface area (Å²) < 4.78 is 0. The van der Waals surface area contributed by atoms with Crippen molar-refractivity contribution in [3.8, 4) is 0 Å². The number of fused-ring (bicyclic) bond motifs is 2. The molecule has 0 aromatic rings. The molecule has 5 heteroatoms. The van der Waals surface area contributed by atoms with Crippen LogP contribution in [0, 0.1) is 5.92 Å². The van der Waals surface area contributed by atoms with Gasteiger partial charge in [-0.2, -0.15) is 0 Å². The highest BCUT2D eigenvalue weighted by Gasteiger charge is 2.35. The van der Waals surface area contributed by atoms with Gasteiger partial charge >= 0.3 is 0 Å². The molecule has 0 spiro atoms. The summed E-state index contributed by atoms with van der Waals surface area (Å²) in [4.78, 5) is 24.7. The Morgan fingerprint density at radius 1 is 1.28 bits per heavy atom. The first-order valence-electron chi connectivity index (χ1n) is 9.97. The van der Waals surface area contributed by atoms with Crippen LogP contribution < -0.4 is 10.6 Å². The summed E-state index contributed by atoms with van der Waals surface area (Å²) >= 11 is 0. The Morgan fingerprint density at radius 3 is 2.64 bits per heavy atom. The summed E-state index contributed by atoms with van der Waals surface area (Å²) in [5.74, 6) is 1.03. The fourth-order valence-corrected chi connectivity index (χ4v) is 4.12. The smallest absolute Gasteiger partial charge is 0.220 e. The largest absolute Gasteiger partial charge is 0.347 e. The fourth-order valence-electron chi connectivity index (χ4n) is 3.96. The van der Waals surface area contributed by atoms with E-state index < -0.39 is 0 Å². The van der Waals surface area contributed by atoms with Gasteiger partial charge < -0.3 is 10.6 Å². The van der Waals surface area contributed by atoms with Crippen molar-refractivity contribution in [2.45, 2.75) is 95.9 Å². The van der Waals surface area contributed by atoms with E-state index in [4.69, 9.17) is 0 Å². The molecular formula is C20H35N2O2P. The Kier molecular flexibility index (Phi) is 7.64. The zero-order valence-electron chi connectivity index (χ0n) is 16.1. The molecular weight excluding hydrogens is 331 g/mol. The number of carbonyl (C=O) groups is 2. The lowest BCUT2D eigenvalue weighted by atomic mass is 9.89. The van der Waals surface area contributed by atoms with Gasteiger partial charge in [-0.15, -0.1) is 9.24 Å². The maximum atomic E-state index is 12.6. The molecule has 3 unspecified atom stereocenters. The van der Waals surface area contributed by atoms with E-state index in [-0.39, 0.29) is 23.0 Å². The van der Waals surface area contributed by atoms with Gasteiger partial charge in [0, 0.05) is 30.5 Å². The fraction of sp³-hybridized carbons (Fsp3) is 0.800. The Bertz CT molecular complexity index is 514. The van der Waals surface area contributed by atoms with Gasteiger partial charge in [-0.25, -0.2) is 0 Å². The Morgan fingerprint density at radius 2 is 1.96 bits per heavy atom. The van der Waals surface area contributed by atoms with E-state index in [1.54, 1.807) is 0 Å². The van der Waals surface area contributed by atoms with Gasteiger partial charge in [-0.1, -0.05) is 26.8 Å². The lowest BCUT2D eigenvalue weighted by Crippen LogP contribution is -2.42. The van der Waals surface area contributed by atoms with Crippen LogP contribution in [-0.2, 0) is 9.59 Å². The van der Waals surface area contributed by atoms with Gasteiger partial charge in [-0.3, -0.25) is 9.59 Å². The van der Waals surface area contributed by atoms with Crippen LogP contribution in [0.15, 0.2) is 11.6 Å². The van der Waals surface area contributed by atoms with Gasteiger partial charge in [-0.05, 0) is 50.9 Å². The molecule has 0 aliphatic carbocycles. The summed E-state index contributed by atoms with van der Waals surface area (Å²) in [5.41, 5.74) is 0.997. The van der Waals surface area contributed by atoms with E-state index in [9.17, 15) is 9.59 Å². The molecule has 2 rings (SSSR count). The first-order valence-corrected chi connectivity index (χ1v) is 10.6. The highest BCUT2D eigenvalue weighted by atomic mass is 31.0. The van der Waals surface area contributed by atoms with Crippen LogP contribution in [0.1, 0.15) is 78.6 Å². The number of carbonyl (C=O) groups excluding carboxylic acids is 2. The Hall–Kier alpha value is -0.730. The quantitative estimate of drug-likeness (QED) is 0.483. The zero-order valence-corrected chi connectivity index (χ0v) is 17.2. The molecule has 2 heterocycles. The molecule has 1 amide bonds. The second-order valence-electron chi connectivity index (χ2n) is 7.82. The molecule has 2 N–H and O–H groups in total. The predicted molar refractivity (Wildman–Crippen MR) is 106 cm³/mol. The topological polar surface area (TPSA) is 58.2 Å². The summed E-state index contributed by atoms with van der Waals surface area (Å²) in [7, 11) is 2.76. The number of hydrogen-bond acceptors (Lipinski definition) is 3. The van der Waals surface area contributed by atoms with E-state index in [0.29, 0.717) is 24.8 Å². The number of unbranched alkanes of at least 4 members (excludes halogenated alkanes) is 1. The van der Waals surface area contributed by atoms with Gasteiger partial charge in [0.1, 0.15) is 0 Å². The minimum atomic E-state index is -0.181. The first kappa shape index (κ1) is 20.6. The average Bonchev–Trinajstić information content (AvgIpc) is 2.81. The van der Waals surface area contributed by atoms with E-state index in [0.717, 1.165) is 50.5 Å². The van der Waals surface area contributed by atoms with Crippen molar-refractivity contribution in [2.24, 2.45) is 5.92 Å². The second kappa shape index (κ2) is 9.28. The van der Waals surface area contributed by atoms with Crippen LogP contribution in [-0.4, -0.2) is 29.1 Å². The third-order valence-corrected chi connectivity index (χ3v) is 6.92. The normalized spacial score (nSPS) is 26.1. The number of Topliss-reactive ketones (excluding diaryl/α,β-unsaturated/α-hetero) is 1. The molecule has 25 heavy (non-hydrogen) atoms. The minimum absolute atomic E-state index is 0.0916. The Labute approximate surface area is 155 Å². The van der Waals surface area contributed by atoms with E-state index in [2.05, 4.69) is 46.7 Å². The lowest BCUT2D eigenvalue weighted by molar-refractivity contribution is -0.122. The molecule has 1 saturated heterocycles. The molecule has 0 aromatic heterocycles. The second-order valence-corrected chi connectivity index (χ2v) is 8.92. The number of allylic oxidation sites excluding steroid dienone is 1. The maximum absolute atomic E-state index is 12.6. The number of hydrogen-bond donors (Lipinski definition) is 2. The van der Waals surface area contributed by atoms with Crippen molar-refractivity contribution in [1.29, 1.82) is 0 Å². The van der Waals surface area contributed by atoms with Gasteiger partial charge in [0.25, 0.3) is 0 Å². The predicted octanol–water partition coefficient (Wildman–Crippen LogP) is 3.71. The monoisotopic (exact) mass is 366 g/mol. The van der Waals surface area contributed by atoms with Crippen LogP contribution in [0.5, 0.6) is 0 Å². The molecule has 2 bridgehead atoms. The van der Waals surface area contributed by atoms with Crippen molar-refractivity contribution in [2.75, 3.05) is 0 Å². The van der Waals surface area contributed by atoms with Gasteiger partial charge in [0.15, 0.2) is 5.78 Å². The molecule has 1 fully saturated rings. The number of amides is 1. The summed E-state index contributed by atoms with van der Waals surface area (Å²) in [6.07, 6.45) is 9.81. The third kappa shape index (κ3) is 5.62. The Balaban J connectivity index is 1.72. The molecule has 0 aromatic carbocycles. The molecule has 0 radical (unpaired) electrons. The van der Waals surface area contributed by atoms with Crippen LogP contribution >= 0.6 is 9.24 Å². The van der Waals surface area contributed by atoms with Crippen molar-refractivity contribution in [1.82, 2.24) is 10.6 Å². The van der Waals surface area contributed by atoms with Crippen LogP contribution in [0.4, 0.5) is 0 Å². The van der Waals surface area contributed by atoms with Crippen molar-refractivity contribution in [3.63, 3.8) is 0 Å². The standard InChI is InChI=1S/C20H35N2O2P/c1-4-20(25,5-2)22-19(24)12-7-6-11-18(23)15-9-8-10-16-14(3)13-17(15)21-16/h9,14,16-17,21H,4-8,10-13,25H2,1-3H3,(H,22,24)/t14?,16-,17?/m1/s1. The van der Waals surface area contributed by atoms with Crippen molar-refractivity contribution in [3.05, 3.63) is 11.6 Å². The molecule has 4 nitrogen and oxygen atoms in total.